The summed E-state index contributed by atoms with van der Waals surface area (Å²) in [5.74, 6) is -2.84. The van der Waals surface area contributed by atoms with Crippen molar-refractivity contribution in [1.82, 2.24) is 0 Å². The SMILES string of the molecule is [2H]C([2H])(C(=O)OC(C)C)C(=O)C([2H])([2H])[P+](c1ccccc1)(c1ccccc1)c1ccccc1. The molecule has 0 fully saturated rings. The molecule has 0 saturated carbocycles. The van der Waals surface area contributed by atoms with Gasteiger partial charge in [-0.05, 0) is 50.2 Å². The van der Waals surface area contributed by atoms with Crippen molar-refractivity contribution in [3.63, 3.8) is 0 Å². The van der Waals surface area contributed by atoms with E-state index in [1.54, 1.807) is 105 Å². The maximum absolute atomic E-state index is 13.7. The molecule has 0 bridgehead atoms. The summed E-state index contributed by atoms with van der Waals surface area (Å²) in [6.45, 7) is 3.09. The molecule has 0 aromatic heterocycles. The van der Waals surface area contributed by atoms with Crippen LogP contribution in [0.25, 0.3) is 0 Å². The van der Waals surface area contributed by atoms with Crippen LogP contribution in [0.2, 0.25) is 0 Å². The summed E-state index contributed by atoms with van der Waals surface area (Å²) in [5, 5.41) is 1.69. The van der Waals surface area contributed by atoms with Crippen molar-refractivity contribution in [1.29, 1.82) is 0 Å². The maximum atomic E-state index is 13.7. The Labute approximate surface area is 178 Å². The topological polar surface area (TPSA) is 43.4 Å². The van der Waals surface area contributed by atoms with Crippen LogP contribution in [0.5, 0.6) is 0 Å². The van der Waals surface area contributed by atoms with Crippen LogP contribution in [0, 0.1) is 0 Å². The van der Waals surface area contributed by atoms with Crippen molar-refractivity contribution in [2.75, 3.05) is 6.11 Å². The molecule has 0 amide bonds. The highest BCUT2D eigenvalue weighted by molar-refractivity contribution is 7.96. The highest BCUT2D eigenvalue weighted by Crippen LogP contribution is 2.55. The molecule has 29 heavy (non-hydrogen) atoms. The van der Waals surface area contributed by atoms with Crippen molar-refractivity contribution in [3.8, 4) is 0 Å². The van der Waals surface area contributed by atoms with E-state index in [1.807, 2.05) is 0 Å². The van der Waals surface area contributed by atoms with Crippen LogP contribution in [-0.2, 0) is 14.3 Å². The normalized spacial score (nSPS) is 14.3. The Balaban J connectivity index is 2.36. The van der Waals surface area contributed by atoms with Crippen molar-refractivity contribution in [2.24, 2.45) is 0 Å². The van der Waals surface area contributed by atoms with Gasteiger partial charge < -0.3 is 4.74 Å². The quantitative estimate of drug-likeness (QED) is 0.322. The highest BCUT2D eigenvalue weighted by Gasteiger charge is 2.47. The number of ketones is 1. The maximum Gasteiger partial charge on any atom is 0.313 e. The number of ether oxygens (including phenoxy) is 1. The highest BCUT2D eigenvalue weighted by atomic mass is 31.2. The Bertz CT molecular complexity index is 1010. The molecular formula is C25H26O3P+. The van der Waals surface area contributed by atoms with Crippen LogP contribution >= 0.6 is 7.26 Å². The van der Waals surface area contributed by atoms with Gasteiger partial charge in [-0.1, -0.05) is 54.6 Å². The minimum atomic E-state index is -3.45. The van der Waals surface area contributed by atoms with Crippen LogP contribution < -0.4 is 15.9 Å². The molecule has 0 spiro atoms. The summed E-state index contributed by atoms with van der Waals surface area (Å²) in [6.07, 6.45) is -6.59. The lowest BCUT2D eigenvalue weighted by Crippen LogP contribution is -2.36. The number of esters is 1. The molecule has 0 unspecified atom stereocenters. The largest absolute Gasteiger partial charge is 0.463 e. The fourth-order valence-corrected chi connectivity index (χ4v) is 6.61. The van der Waals surface area contributed by atoms with Gasteiger partial charge in [0.05, 0.1) is 8.85 Å². The van der Waals surface area contributed by atoms with Crippen molar-refractivity contribution in [3.05, 3.63) is 91.0 Å². The first-order valence-corrected chi connectivity index (χ1v) is 11.2. The minimum absolute atomic E-state index is 0.564. The zero-order chi connectivity index (χ0) is 24.3. The lowest BCUT2D eigenvalue weighted by atomic mass is 10.3. The molecule has 3 aromatic rings. The predicted octanol–water partition coefficient (Wildman–Crippen LogP) is 3.89. The zero-order valence-electron chi connectivity index (χ0n) is 20.4. The Morgan fingerprint density at radius 1 is 0.793 bits per heavy atom. The second kappa shape index (κ2) is 9.62. The molecule has 0 aliphatic heterocycles. The number of rotatable bonds is 8. The molecule has 0 aliphatic carbocycles. The van der Waals surface area contributed by atoms with Gasteiger partial charge >= 0.3 is 5.97 Å². The van der Waals surface area contributed by atoms with Crippen LogP contribution in [0.4, 0.5) is 0 Å². The Morgan fingerprint density at radius 3 is 1.52 bits per heavy atom. The number of carbonyl (C=O) groups is 2. The third kappa shape index (κ3) is 4.99. The summed E-state index contributed by atoms with van der Waals surface area (Å²) in [5.41, 5.74) is 0. The average molecular weight is 409 g/mol. The van der Waals surface area contributed by atoms with Gasteiger partial charge in [-0.15, -0.1) is 0 Å². The third-order valence-electron chi connectivity index (χ3n) is 4.26. The predicted molar refractivity (Wildman–Crippen MR) is 121 cm³/mol. The van der Waals surface area contributed by atoms with Crippen molar-refractivity contribution in [2.45, 2.75) is 26.3 Å². The summed E-state index contributed by atoms with van der Waals surface area (Å²) < 4.78 is 39.9. The molecule has 3 aromatic carbocycles. The molecule has 0 radical (unpaired) electrons. The molecule has 3 nitrogen and oxygen atoms in total. The van der Waals surface area contributed by atoms with Crippen molar-refractivity contribution < 1.29 is 19.8 Å². The lowest BCUT2D eigenvalue weighted by Gasteiger charge is -2.27. The first-order chi connectivity index (χ1) is 15.6. The van der Waals surface area contributed by atoms with Crippen LogP contribution in [0.3, 0.4) is 0 Å². The van der Waals surface area contributed by atoms with E-state index >= 15 is 0 Å². The molecule has 4 heteroatoms. The number of Topliss-reactive ketones (excluding diaryl/α,β-unsaturated/α-hetero) is 1. The monoisotopic (exact) mass is 409 g/mol. The second-order valence-electron chi connectivity index (χ2n) is 6.70. The molecule has 0 heterocycles. The Morgan fingerprint density at radius 2 is 1.17 bits per heavy atom. The molecule has 0 atom stereocenters. The van der Waals surface area contributed by atoms with Gasteiger partial charge in [0, 0.05) is 2.74 Å². The van der Waals surface area contributed by atoms with Gasteiger partial charge in [0.2, 0.25) is 0 Å². The van der Waals surface area contributed by atoms with Crippen LogP contribution in [0.15, 0.2) is 91.0 Å². The average Bonchev–Trinajstić information content (AvgIpc) is 2.80. The first kappa shape index (κ1) is 16.1. The third-order valence-corrected chi connectivity index (χ3v) is 8.01. The number of hydrogen-bond donors (Lipinski definition) is 0. The Hall–Kier alpha value is -2.77. The fraction of sp³-hybridized carbons (Fsp3) is 0.200. The van der Waals surface area contributed by atoms with Gasteiger partial charge in [-0.2, -0.15) is 0 Å². The van der Waals surface area contributed by atoms with Gasteiger partial charge in [0.25, 0.3) is 0 Å². The van der Waals surface area contributed by atoms with E-state index in [1.165, 1.54) is 0 Å². The molecule has 0 saturated heterocycles. The summed E-state index contributed by atoms with van der Waals surface area (Å²) in [7, 11) is -3.45. The van der Waals surface area contributed by atoms with Gasteiger partial charge in [0.1, 0.15) is 35.7 Å². The number of carbonyl (C=O) groups excluding carboxylic acids is 2. The van der Waals surface area contributed by atoms with Gasteiger partial charge in [-0.3, -0.25) is 9.59 Å². The smallest absolute Gasteiger partial charge is 0.313 e. The van der Waals surface area contributed by atoms with Crippen LogP contribution in [0.1, 0.15) is 25.7 Å². The van der Waals surface area contributed by atoms with Gasteiger partial charge in [0.15, 0.2) is 5.78 Å². The first-order valence-electron chi connectivity index (χ1n) is 11.4. The summed E-state index contributed by atoms with van der Waals surface area (Å²) in [4.78, 5) is 26.2. The summed E-state index contributed by atoms with van der Waals surface area (Å²) in [6, 6.07) is 26.5. The van der Waals surface area contributed by atoms with Crippen LogP contribution in [-0.4, -0.2) is 24.0 Å². The lowest BCUT2D eigenvalue weighted by molar-refractivity contribution is -0.149. The van der Waals surface area contributed by atoms with E-state index < -0.39 is 37.6 Å². The number of benzene rings is 3. The molecular weight excluding hydrogens is 379 g/mol. The number of hydrogen-bond acceptors (Lipinski definition) is 3. The van der Waals surface area contributed by atoms with E-state index in [0.717, 1.165) is 0 Å². The molecule has 3 rings (SSSR count). The van der Waals surface area contributed by atoms with E-state index in [-0.39, 0.29) is 0 Å². The van der Waals surface area contributed by atoms with E-state index in [2.05, 4.69) is 0 Å². The van der Waals surface area contributed by atoms with Gasteiger partial charge in [-0.25, -0.2) is 0 Å². The van der Waals surface area contributed by atoms with Crippen molar-refractivity contribution >= 4 is 34.9 Å². The fourth-order valence-electron chi connectivity index (χ4n) is 3.11. The standard InChI is InChI=1S/C25H26O3P/c1-20(2)28-25(27)18-21(26)19-29(22-12-6-3-7-13-22,23-14-8-4-9-15-23)24-16-10-5-11-17-24/h3-17,20H,18-19H2,1-2H3/q+1/i18D2,19D2. The molecule has 0 aliphatic rings. The Kier molecular flexibility index (Phi) is 5.33. The molecule has 0 N–H and O–H groups in total. The minimum Gasteiger partial charge on any atom is -0.463 e. The summed E-state index contributed by atoms with van der Waals surface area (Å²) >= 11 is 0. The second-order valence-corrected chi connectivity index (χ2v) is 9.81. The van der Waals surface area contributed by atoms with E-state index in [9.17, 15) is 12.3 Å². The van der Waals surface area contributed by atoms with E-state index in [0.29, 0.717) is 15.9 Å². The van der Waals surface area contributed by atoms with E-state index in [4.69, 9.17) is 7.48 Å². The zero-order valence-corrected chi connectivity index (χ0v) is 17.3. The molecule has 148 valence electrons.